The van der Waals surface area contributed by atoms with Gasteiger partial charge in [-0.2, -0.15) is 0 Å². The van der Waals surface area contributed by atoms with E-state index in [9.17, 15) is 24.6 Å². The number of aliphatic hydroxyl groups excluding tert-OH is 2. The largest absolute Gasteiger partial charge is 0.480 e. The molecule has 6 N–H and O–H groups in total. The molecule has 0 aromatic carbocycles. The lowest BCUT2D eigenvalue weighted by molar-refractivity contribution is -0.155. The topological polar surface area (TPSA) is 174 Å². The van der Waals surface area contributed by atoms with E-state index in [1.54, 1.807) is 0 Å². The van der Waals surface area contributed by atoms with E-state index in [0.717, 1.165) is 10.8 Å². The van der Waals surface area contributed by atoms with Gasteiger partial charge in [-0.15, -0.1) is 0 Å². The van der Waals surface area contributed by atoms with Gasteiger partial charge in [0, 0.05) is 6.20 Å². The van der Waals surface area contributed by atoms with Gasteiger partial charge < -0.3 is 30.5 Å². The predicted molar refractivity (Wildman–Crippen MR) is 78.9 cm³/mol. The minimum atomic E-state index is -1.72. The second kappa shape index (κ2) is 6.78. The molecule has 0 saturated carbocycles. The monoisotopic (exact) mass is 361 g/mol. The predicted octanol–water partition coefficient (Wildman–Crippen LogP) is -2.05. The Morgan fingerprint density at radius 2 is 2.00 bits per heavy atom. The highest BCUT2D eigenvalue weighted by molar-refractivity contribution is 7.71. The van der Waals surface area contributed by atoms with E-state index in [2.05, 4.69) is 10.3 Å². The quantitative estimate of drug-likeness (QED) is 0.320. The number of aromatic nitrogens is 2. The molecule has 11 nitrogen and oxygen atoms in total. The highest BCUT2D eigenvalue weighted by atomic mass is 32.1. The van der Waals surface area contributed by atoms with Crippen LogP contribution in [0.5, 0.6) is 0 Å². The standard InChI is InChI=1S/C12H15N3O8S/c1-13-4(10(19)20)3-2-15(12(24)14-8(3)18)9-6(17)5(16)7(23-9)11(21)22/h2,4-7,9,13,16-17H,1H3,(H,19,20)(H,21,22)(H,14,18,24)/t4?,5-,6+,7-,9+/m0/s1. The van der Waals surface area contributed by atoms with Crippen LogP contribution in [0.1, 0.15) is 17.8 Å². The fourth-order valence-electron chi connectivity index (χ4n) is 2.40. The molecule has 1 fully saturated rings. The summed E-state index contributed by atoms with van der Waals surface area (Å²) >= 11 is 4.94. The molecule has 132 valence electrons. The number of likely N-dealkylation sites (N-methyl/N-ethyl adjacent to an activating group) is 1. The first-order valence-electron chi connectivity index (χ1n) is 6.68. The lowest BCUT2D eigenvalue weighted by Gasteiger charge is -2.20. The Labute approximate surface area is 139 Å². The number of aromatic amines is 1. The molecule has 1 aromatic heterocycles. The van der Waals surface area contributed by atoms with E-state index < -0.39 is 48.1 Å². The Kier molecular flexibility index (Phi) is 5.15. The van der Waals surface area contributed by atoms with Crippen LogP contribution in [0.15, 0.2) is 11.0 Å². The number of nitrogens with zero attached hydrogens (tertiary/aromatic N) is 1. The fourth-order valence-corrected chi connectivity index (χ4v) is 2.65. The van der Waals surface area contributed by atoms with Crippen molar-refractivity contribution in [3.05, 3.63) is 26.9 Å². The maximum atomic E-state index is 11.9. The van der Waals surface area contributed by atoms with Crippen LogP contribution in [0.3, 0.4) is 0 Å². The average molecular weight is 361 g/mol. The zero-order valence-electron chi connectivity index (χ0n) is 12.2. The Balaban J connectivity index is 2.52. The van der Waals surface area contributed by atoms with E-state index in [1.807, 2.05) is 0 Å². The Bertz CT molecular complexity index is 774. The third-order valence-corrected chi connectivity index (χ3v) is 3.91. The molecule has 2 heterocycles. The first-order valence-corrected chi connectivity index (χ1v) is 7.09. The molecule has 24 heavy (non-hydrogen) atoms. The highest BCUT2D eigenvalue weighted by Gasteiger charge is 2.47. The second-order valence-corrected chi connectivity index (χ2v) is 5.46. The van der Waals surface area contributed by atoms with Crippen molar-refractivity contribution in [3.8, 4) is 0 Å². The van der Waals surface area contributed by atoms with Gasteiger partial charge in [-0.3, -0.25) is 19.1 Å². The van der Waals surface area contributed by atoms with Crippen molar-refractivity contribution in [2.75, 3.05) is 7.05 Å². The molecule has 1 unspecified atom stereocenters. The minimum absolute atomic E-state index is 0.230. The van der Waals surface area contributed by atoms with Crippen LogP contribution in [0.25, 0.3) is 0 Å². The van der Waals surface area contributed by atoms with Crippen molar-refractivity contribution in [2.45, 2.75) is 30.6 Å². The van der Waals surface area contributed by atoms with Gasteiger partial charge in [0.2, 0.25) is 0 Å². The zero-order valence-corrected chi connectivity index (χ0v) is 13.1. The molecule has 0 aliphatic carbocycles. The summed E-state index contributed by atoms with van der Waals surface area (Å²) in [6, 6.07) is -1.37. The molecule has 1 saturated heterocycles. The molecular weight excluding hydrogens is 346 g/mol. The lowest BCUT2D eigenvalue weighted by atomic mass is 10.1. The Hall–Kier alpha value is -2.12. The van der Waals surface area contributed by atoms with Gasteiger partial charge in [0.25, 0.3) is 5.56 Å². The maximum Gasteiger partial charge on any atom is 0.335 e. The van der Waals surface area contributed by atoms with Gasteiger partial charge in [0.15, 0.2) is 17.1 Å². The summed E-state index contributed by atoms with van der Waals surface area (Å²) in [7, 11) is 1.33. The fraction of sp³-hybridized carbons (Fsp3) is 0.500. The zero-order chi connectivity index (χ0) is 18.2. The molecule has 12 heteroatoms. The molecule has 1 aliphatic rings. The third-order valence-electron chi connectivity index (χ3n) is 3.60. The van der Waals surface area contributed by atoms with Crippen LogP contribution in [0, 0.1) is 4.77 Å². The third kappa shape index (κ3) is 3.09. The first kappa shape index (κ1) is 18.2. The summed E-state index contributed by atoms with van der Waals surface area (Å²) in [5.41, 5.74) is -0.997. The Morgan fingerprint density at radius 1 is 1.38 bits per heavy atom. The highest BCUT2D eigenvalue weighted by Crippen LogP contribution is 2.30. The van der Waals surface area contributed by atoms with E-state index in [0.29, 0.717) is 0 Å². The summed E-state index contributed by atoms with van der Waals surface area (Å²) in [6.07, 6.45) is -5.42. The van der Waals surface area contributed by atoms with Gasteiger partial charge in [0.1, 0.15) is 18.2 Å². The smallest absolute Gasteiger partial charge is 0.335 e. The van der Waals surface area contributed by atoms with Gasteiger partial charge in [-0.05, 0) is 19.3 Å². The summed E-state index contributed by atoms with van der Waals surface area (Å²) in [6.45, 7) is 0. The molecule has 0 spiro atoms. The van der Waals surface area contributed by atoms with Crippen molar-refractivity contribution in [3.63, 3.8) is 0 Å². The van der Waals surface area contributed by atoms with E-state index in [1.165, 1.54) is 7.05 Å². The van der Waals surface area contributed by atoms with E-state index in [4.69, 9.17) is 27.2 Å². The van der Waals surface area contributed by atoms with Crippen LogP contribution in [0.4, 0.5) is 0 Å². The number of aliphatic carboxylic acids is 2. The van der Waals surface area contributed by atoms with Crippen LogP contribution in [-0.2, 0) is 14.3 Å². The number of rotatable bonds is 5. The number of hydrogen-bond acceptors (Lipinski definition) is 8. The summed E-state index contributed by atoms with van der Waals surface area (Å²) in [4.78, 5) is 36.4. The average Bonchev–Trinajstić information content (AvgIpc) is 2.78. The van der Waals surface area contributed by atoms with Crippen LogP contribution >= 0.6 is 12.2 Å². The number of carboxylic acids is 2. The van der Waals surface area contributed by atoms with Gasteiger partial charge in [0.05, 0.1) is 5.56 Å². The lowest BCUT2D eigenvalue weighted by Crippen LogP contribution is -2.36. The second-order valence-electron chi connectivity index (χ2n) is 5.08. The number of carboxylic acid groups (broad SMARTS) is 2. The number of H-pyrrole nitrogens is 1. The number of aliphatic hydroxyl groups is 2. The molecule has 0 bridgehead atoms. The summed E-state index contributed by atoms with van der Waals surface area (Å²) in [5.74, 6) is -2.82. The number of hydrogen-bond donors (Lipinski definition) is 6. The van der Waals surface area contributed by atoms with E-state index >= 15 is 0 Å². The first-order chi connectivity index (χ1) is 11.2. The molecule has 0 amide bonds. The van der Waals surface area contributed by atoms with Crippen LogP contribution < -0.4 is 10.9 Å². The molecule has 1 aromatic rings. The maximum absolute atomic E-state index is 11.9. The van der Waals surface area contributed by atoms with Crippen molar-refractivity contribution < 1.29 is 34.8 Å². The summed E-state index contributed by atoms with van der Waals surface area (Å²) in [5, 5.41) is 40.2. The van der Waals surface area contributed by atoms with Gasteiger partial charge in [-0.25, -0.2) is 4.79 Å². The molecule has 2 rings (SSSR count). The SMILES string of the molecule is CNC(C(=O)O)c1cn([C@@H]2O[C@H](C(=O)O)[C@@H](O)[C@H]2O)c(=S)[nH]c1=O. The van der Waals surface area contributed by atoms with Crippen LogP contribution in [0.2, 0.25) is 0 Å². The normalized spacial score (nSPS) is 27.8. The van der Waals surface area contributed by atoms with Crippen LogP contribution in [-0.4, -0.2) is 67.3 Å². The van der Waals surface area contributed by atoms with Gasteiger partial charge >= 0.3 is 11.9 Å². The van der Waals surface area contributed by atoms with Crippen molar-refractivity contribution in [1.29, 1.82) is 0 Å². The summed E-state index contributed by atoms with van der Waals surface area (Å²) < 4.78 is 5.86. The van der Waals surface area contributed by atoms with Crippen molar-refractivity contribution in [1.82, 2.24) is 14.9 Å². The molecule has 1 aliphatic heterocycles. The molecule has 5 atom stereocenters. The molecule has 0 radical (unpaired) electrons. The number of ether oxygens (including phenoxy) is 1. The molecular formula is C12H15N3O8S. The van der Waals surface area contributed by atoms with Gasteiger partial charge in [-0.1, -0.05) is 0 Å². The minimum Gasteiger partial charge on any atom is -0.480 e. The van der Waals surface area contributed by atoms with Crippen molar-refractivity contribution in [2.24, 2.45) is 0 Å². The number of carbonyl (C=O) groups is 2. The Morgan fingerprint density at radius 3 is 2.46 bits per heavy atom. The number of nitrogens with one attached hydrogen (secondary N) is 2. The van der Waals surface area contributed by atoms with E-state index in [-0.39, 0.29) is 10.3 Å². The van der Waals surface area contributed by atoms with Crippen molar-refractivity contribution >= 4 is 24.2 Å².